The Morgan fingerprint density at radius 3 is 2.48 bits per heavy atom. The summed E-state index contributed by atoms with van der Waals surface area (Å²) >= 11 is 9.38. The number of anilines is 3. The summed E-state index contributed by atoms with van der Waals surface area (Å²) in [6.07, 6.45) is 0. The van der Waals surface area contributed by atoms with Crippen molar-refractivity contribution in [1.82, 2.24) is 15.5 Å². The maximum absolute atomic E-state index is 13.0. The molecule has 33 heavy (non-hydrogen) atoms. The molecule has 3 aromatic rings. The number of halogens is 2. The van der Waals surface area contributed by atoms with Gasteiger partial charge in [-0.05, 0) is 40.2 Å². The van der Waals surface area contributed by atoms with E-state index in [-0.39, 0.29) is 34.0 Å². The molecule has 4 rings (SSSR count). The topological polar surface area (TPSA) is 110 Å². The highest BCUT2D eigenvalue weighted by atomic mass is 79.9. The zero-order valence-corrected chi connectivity index (χ0v) is 20.1. The molecule has 11 heteroatoms. The predicted octanol–water partition coefficient (Wildman–Crippen LogP) is 3.29. The first kappa shape index (κ1) is 22.8. The smallest absolute Gasteiger partial charge is 0.273 e. The van der Waals surface area contributed by atoms with Crippen LogP contribution in [0.2, 0.25) is 5.02 Å². The standard InChI is InChI=1S/C22H20BrClN6O3/c1-29-11-14(22(33)30(2)16-10-6-5-9-15(16)29)25-21(32)18-17(23)19(28-27-18)26-20(31)12-7-3-4-8-13(12)24/h3-10,14H,11H2,1-2H3,(H,25,32)(H2,26,27,28,31). The number of carbonyl (C=O) groups is 3. The van der Waals surface area contributed by atoms with Gasteiger partial charge in [-0.3, -0.25) is 19.5 Å². The molecule has 0 radical (unpaired) electrons. The Morgan fingerprint density at radius 1 is 1.09 bits per heavy atom. The van der Waals surface area contributed by atoms with Crippen molar-refractivity contribution in [2.24, 2.45) is 0 Å². The first-order chi connectivity index (χ1) is 15.8. The average molecular weight is 532 g/mol. The molecule has 2 heterocycles. The molecular weight excluding hydrogens is 512 g/mol. The second-order valence-electron chi connectivity index (χ2n) is 7.49. The van der Waals surface area contributed by atoms with E-state index < -0.39 is 17.9 Å². The molecule has 0 spiro atoms. The summed E-state index contributed by atoms with van der Waals surface area (Å²) in [7, 11) is 3.53. The Balaban J connectivity index is 1.50. The number of rotatable bonds is 4. The number of nitrogens with zero attached hydrogens (tertiary/aromatic N) is 3. The summed E-state index contributed by atoms with van der Waals surface area (Å²) in [6.45, 7) is 0.282. The minimum Gasteiger partial charge on any atom is -0.370 e. The molecule has 170 valence electrons. The maximum atomic E-state index is 13.0. The molecule has 3 N–H and O–H groups in total. The summed E-state index contributed by atoms with van der Waals surface area (Å²) < 4.78 is 0.256. The third-order valence-electron chi connectivity index (χ3n) is 5.32. The molecular formula is C22H20BrClN6O3. The lowest BCUT2D eigenvalue weighted by atomic mass is 10.2. The van der Waals surface area contributed by atoms with Crippen LogP contribution in [-0.4, -0.2) is 54.6 Å². The van der Waals surface area contributed by atoms with Gasteiger partial charge in [0.2, 0.25) is 0 Å². The first-order valence-electron chi connectivity index (χ1n) is 9.96. The lowest BCUT2D eigenvalue weighted by Gasteiger charge is -2.22. The van der Waals surface area contributed by atoms with Crippen molar-refractivity contribution in [3.05, 3.63) is 69.3 Å². The molecule has 3 amide bonds. The van der Waals surface area contributed by atoms with Crippen LogP contribution in [0.5, 0.6) is 0 Å². The van der Waals surface area contributed by atoms with Gasteiger partial charge in [0.05, 0.1) is 26.4 Å². The molecule has 0 saturated heterocycles. The van der Waals surface area contributed by atoms with Gasteiger partial charge < -0.3 is 20.4 Å². The lowest BCUT2D eigenvalue weighted by Crippen LogP contribution is -2.51. The van der Waals surface area contributed by atoms with Gasteiger partial charge in [-0.2, -0.15) is 5.10 Å². The van der Waals surface area contributed by atoms with Crippen LogP contribution in [0.25, 0.3) is 0 Å². The molecule has 0 bridgehead atoms. The number of fused-ring (bicyclic) bond motifs is 1. The minimum atomic E-state index is -0.801. The first-order valence-corrected chi connectivity index (χ1v) is 11.1. The zero-order chi connectivity index (χ0) is 23.7. The van der Waals surface area contributed by atoms with E-state index in [1.807, 2.05) is 36.2 Å². The lowest BCUT2D eigenvalue weighted by molar-refractivity contribution is -0.119. The Kier molecular flexibility index (Phi) is 6.39. The number of carbonyl (C=O) groups excluding carboxylic acids is 3. The van der Waals surface area contributed by atoms with Crippen molar-refractivity contribution in [2.45, 2.75) is 6.04 Å². The summed E-state index contributed by atoms with van der Waals surface area (Å²) in [5.41, 5.74) is 1.92. The second kappa shape index (κ2) is 9.24. The van der Waals surface area contributed by atoms with E-state index in [1.165, 1.54) is 4.90 Å². The number of likely N-dealkylation sites (N-methyl/N-ethyl adjacent to an activating group) is 2. The Morgan fingerprint density at radius 2 is 1.76 bits per heavy atom. The monoisotopic (exact) mass is 530 g/mol. The zero-order valence-electron chi connectivity index (χ0n) is 17.7. The highest BCUT2D eigenvalue weighted by Gasteiger charge is 2.33. The molecule has 1 aliphatic heterocycles. The van der Waals surface area contributed by atoms with Crippen LogP contribution in [0.4, 0.5) is 17.2 Å². The van der Waals surface area contributed by atoms with E-state index in [1.54, 1.807) is 31.3 Å². The number of hydrogen-bond acceptors (Lipinski definition) is 5. The number of amides is 3. The average Bonchev–Trinajstić information content (AvgIpc) is 3.13. The third kappa shape index (κ3) is 4.44. The molecule has 1 atom stereocenters. The fraction of sp³-hybridized carbons (Fsp3) is 0.182. The quantitative estimate of drug-likeness (QED) is 0.479. The summed E-state index contributed by atoms with van der Waals surface area (Å²) in [5, 5.41) is 12.3. The summed E-state index contributed by atoms with van der Waals surface area (Å²) in [4.78, 5) is 41.9. The van der Waals surface area contributed by atoms with Crippen LogP contribution in [0, 0.1) is 0 Å². The molecule has 1 aromatic heterocycles. The van der Waals surface area contributed by atoms with Gasteiger partial charge in [0, 0.05) is 20.6 Å². The highest BCUT2D eigenvalue weighted by molar-refractivity contribution is 9.10. The maximum Gasteiger partial charge on any atom is 0.273 e. The number of nitrogens with one attached hydrogen (secondary N) is 3. The van der Waals surface area contributed by atoms with E-state index in [2.05, 4.69) is 36.8 Å². The van der Waals surface area contributed by atoms with Crippen molar-refractivity contribution in [3.8, 4) is 0 Å². The number of benzene rings is 2. The molecule has 0 fully saturated rings. The van der Waals surface area contributed by atoms with Gasteiger partial charge in [-0.1, -0.05) is 35.9 Å². The van der Waals surface area contributed by atoms with Crippen LogP contribution in [0.1, 0.15) is 20.8 Å². The summed E-state index contributed by atoms with van der Waals surface area (Å²) in [6, 6.07) is 13.3. The van der Waals surface area contributed by atoms with Crippen LogP contribution in [0.3, 0.4) is 0 Å². The SMILES string of the molecule is CN1CC(NC(=O)c2n[nH]c(NC(=O)c3ccccc3Cl)c2Br)C(=O)N(C)c2ccccc21. The van der Waals surface area contributed by atoms with Gasteiger partial charge in [-0.15, -0.1) is 0 Å². The minimum absolute atomic E-state index is 0.00401. The highest BCUT2D eigenvalue weighted by Crippen LogP contribution is 2.31. The number of aromatic amines is 1. The second-order valence-corrected chi connectivity index (χ2v) is 8.69. The number of hydrogen-bond donors (Lipinski definition) is 3. The van der Waals surface area contributed by atoms with E-state index in [4.69, 9.17) is 11.6 Å². The fourth-order valence-electron chi connectivity index (χ4n) is 3.60. The molecule has 0 aliphatic carbocycles. The third-order valence-corrected chi connectivity index (χ3v) is 6.43. The van der Waals surface area contributed by atoms with Gasteiger partial charge in [0.15, 0.2) is 5.69 Å². The fourth-order valence-corrected chi connectivity index (χ4v) is 4.27. The van der Waals surface area contributed by atoms with Crippen LogP contribution < -0.4 is 20.4 Å². The number of aromatic nitrogens is 2. The van der Waals surface area contributed by atoms with E-state index >= 15 is 0 Å². The van der Waals surface area contributed by atoms with Gasteiger partial charge in [0.25, 0.3) is 17.7 Å². The Bertz CT molecular complexity index is 1250. The Hall–Kier alpha value is -3.37. The van der Waals surface area contributed by atoms with Crippen molar-refractivity contribution in [3.63, 3.8) is 0 Å². The predicted molar refractivity (Wildman–Crippen MR) is 130 cm³/mol. The molecule has 9 nitrogen and oxygen atoms in total. The molecule has 0 saturated carbocycles. The van der Waals surface area contributed by atoms with Gasteiger partial charge >= 0.3 is 0 Å². The van der Waals surface area contributed by atoms with Crippen LogP contribution >= 0.6 is 27.5 Å². The molecule has 1 aliphatic rings. The Labute approximate surface area is 203 Å². The van der Waals surface area contributed by atoms with Gasteiger partial charge in [-0.25, -0.2) is 0 Å². The van der Waals surface area contributed by atoms with Crippen molar-refractivity contribution in [1.29, 1.82) is 0 Å². The van der Waals surface area contributed by atoms with E-state index in [9.17, 15) is 14.4 Å². The van der Waals surface area contributed by atoms with Gasteiger partial charge in [0.1, 0.15) is 11.9 Å². The largest absolute Gasteiger partial charge is 0.370 e. The molecule has 1 unspecified atom stereocenters. The van der Waals surface area contributed by atoms with Crippen molar-refractivity contribution < 1.29 is 14.4 Å². The van der Waals surface area contributed by atoms with E-state index in [0.29, 0.717) is 5.02 Å². The number of para-hydroxylation sites is 2. The van der Waals surface area contributed by atoms with Crippen molar-refractivity contribution in [2.75, 3.05) is 35.8 Å². The van der Waals surface area contributed by atoms with Crippen LogP contribution in [0.15, 0.2) is 53.0 Å². The van der Waals surface area contributed by atoms with Crippen molar-refractivity contribution >= 4 is 62.4 Å². The number of H-pyrrole nitrogens is 1. The normalized spacial score (nSPS) is 15.6. The molecule has 2 aromatic carbocycles. The summed E-state index contributed by atoms with van der Waals surface area (Å²) in [5.74, 6) is -1.09. The van der Waals surface area contributed by atoms with Crippen LogP contribution in [-0.2, 0) is 4.79 Å². The van der Waals surface area contributed by atoms with E-state index in [0.717, 1.165) is 11.4 Å².